The van der Waals surface area contributed by atoms with Gasteiger partial charge in [-0.2, -0.15) is 0 Å². The molecule has 0 aromatic heterocycles. The SMILES string of the molecule is O=Cc1cc(F)ccc1OCc1ccc(Cl)c(F)c1. The summed E-state index contributed by atoms with van der Waals surface area (Å²) < 4.78 is 31.5. The molecule has 0 radical (unpaired) electrons. The lowest BCUT2D eigenvalue weighted by Gasteiger charge is -2.08. The topological polar surface area (TPSA) is 26.3 Å². The van der Waals surface area contributed by atoms with Crippen LogP contribution >= 0.6 is 11.6 Å². The van der Waals surface area contributed by atoms with Crippen LogP contribution in [0.4, 0.5) is 8.78 Å². The molecule has 19 heavy (non-hydrogen) atoms. The number of halogens is 3. The summed E-state index contributed by atoms with van der Waals surface area (Å²) in [5.41, 5.74) is 0.664. The smallest absolute Gasteiger partial charge is 0.153 e. The highest BCUT2D eigenvalue weighted by atomic mass is 35.5. The van der Waals surface area contributed by atoms with Gasteiger partial charge in [0.1, 0.15) is 24.0 Å². The summed E-state index contributed by atoms with van der Waals surface area (Å²) in [6.07, 6.45) is 0.501. The van der Waals surface area contributed by atoms with E-state index in [0.29, 0.717) is 11.8 Å². The van der Waals surface area contributed by atoms with Gasteiger partial charge >= 0.3 is 0 Å². The number of benzene rings is 2. The van der Waals surface area contributed by atoms with Crippen molar-refractivity contribution in [1.29, 1.82) is 0 Å². The minimum atomic E-state index is -0.544. The Kier molecular flexibility index (Phi) is 4.12. The van der Waals surface area contributed by atoms with Crippen molar-refractivity contribution in [2.24, 2.45) is 0 Å². The first-order valence-electron chi connectivity index (χ1n) is 5.41. The van der Waals surface area contributed by atoms with Gasteiger partial charge in [0.25, 0.3) is 0 Å². The fourth-order valence-corrected chi connectivity index (χ4v) is 1.65. The van der Waals surface area contributed by atoms with Gasteiger partial charge < -0.3 is 4.74 Å². The molecule has 0 heterocycles. The third kappa shape index (κ3) is 3.29. The number of carbonyl (C=O) groups is 1. The van der Waals surface area contributed by atoms with Crippen LogP contribution in [0.15, 0.2) is 36.4 Å². The molecule has 2 aromatic carbocycles. The summed E-state index contributed by atoms with van der Waals surface area (Å²) >= 11 is 5.56. The first-order valence-corrected chi connectivity index (χ1v) is 5.79. The molecule has 2 rings (SSSR count). The van der Waals surface area contributed by atoms with Crippen LogP contribution in [0.25, 0.3) is 0 Å². The maximum absolute atomic E-state index is 13.2. The molecule has 2 aromatic rings. The third-order valence-corrected chi connectivity index (χ3v) is 2.78. The van der Waals surface area contributed by atoms with Gasteiger partial charge in [-0.3, -0.25) is 4.79 Å². The molecule has 0 aliphatic rings. The van der Waals surface area contributed by atoms with E-state index in [1.54, 1.807) is 6.07 Å². The molecular formula is C14H9ClF2O2. The highest BCUT2D eigenvalue weighted by Crippen LogP contribution is 2.21. The summed E-state index contributed by atoms with van der Waals surface area (Å²) in [5.74, 6) is -0.823. The lowest BCUT2D eigenvalue weighted by molar-refractivity contribution is 0.111. The average Bonchev–Trinajstić information content (AvgIpc) is 2.41. The summed E-state index contributed by atoms with van der Waals surface area (Å²) in [7, 11) is 0. The number of rotatable bonds is 4. The highest BCUT2D eigenvalue weighted by Gasteiger charge is 2.06. The van der Waals surface area contributed by atoms with Crippen LogP contribution in [0.2, 0.25) is 5.02 Å². The number of hydrogen-bond acceptors (Lipinski definition) is 2. The van der Waals surface area contributed by atoms with Crippen LogP contribution in [-0.4, -0.2) is 6.29 Å². The van der Waals surface area contributed by atoms with Crippen LogP contribution < -0.4 is 4.74 Å². The average molecular weight is 283 g/mol. The Balaban J connectivity index is 2.14. The van der Waals surface area contributed by atoms with Gasteiger partial charge in [-0.15, -0.1) is 0 Å². The molecule has 0 saturated heterocycles. The van der Waals surface area contributed by atoms with Crippen molar-refractivity contribution in [3.05, 3.63) is 64.2 Å². The monoisotopic (exact) mass is 282 g/mol. The maximum Gasteiger partial charge on any atom is 0.153 e. The van der Waals surface area contributed by atoms with Crippen LogP contribution in [0, 0.1) is 11.6 Å². The molecule has 0 aliphatic heterocycles. The zero-order valence-electron chi connectivity index (χ0n) is 9.70. The van der Waals surface area contributed by atoms with Crippen LogP contribution in [-0.2, 0) is 6.61 Å². The van der Waals surface area contributed by atoms with E-state index in [2.05, 4.69) is 0 Å². The van der Waals surface area contributed by atoms with E-state index in [0.717, 1.165) is 6.07 Å². The number of hydrogen-bond donors (Lipinski definition) is 0. The highest BCUT2D eigenvalue weighted by molar-refractivity contribution is 6.30. The molecule has 5 heteroatoms. The summed E-state index contributed by atoms with van der Waals surface area (Å²) in [6, 6.07) is 7.88. The predicted molar refractivity (Wildman–Crippen MR) is 67.5 cm³/mol. The van der Waals surface area contributed by atoms with Crippen molar-refractivity contribution >= 4 is 17.9 Å². The van der Waals surface area contributed by atoms with E-state index in [-0.39, 0.29) is 22.9 Å². The van der Waals surface area contributed by atoms with Crippen molar-refractivity contribution in [3.8, 4) is 5.75 Å². The van der Waals surface area contributed by atoms with Crippen molar-refractivity contribution in [1.82, 2.24) is 0 Å². The van der Waals surface area contributed by atoms with Gasteiger partial charge in [0.05, 0.1) is 10.6 Å². The first-order chi connectivity index (χ1) is 9.10. The minimum Gasteiger partial charge on any atom is -0.488 e. The Hall–Kier alpha value is -1.94. The number of aldehydes is 1. The van der Waals surface area contributed by atoms with Gasteiger partial charge in [-0.25, -0.2) is 8.78 Å². The molecule has 98 valence electrons. The lowest BCUT2D eigenvalue weighted by Crippen LogP contribution is -1.99. The van der Waals surface area contributed by atoms with Gasteiger partial charge in [-0.1, -0.05) is 17.7 Å². The molecule has 0 fully saturated rings. The van der Waals surface area contributed by atoms with E-state index < -0.39 is 11.6 Å². The number of ether oxygens (including phenoxy) is 1. The predicted octanol–water partition coefficient (Wildman–Crippen LogP) is 4.01. The molecule has 0 spiro atoms. The van der Waals surface area contributed by atoms with Crippen molar-refractivity contribution < 1.29 is 18.3 Å². The van der Waals surface area contributed by atoms with Gasteiger partial charge in [-0.05, 0) is 35.9 Å². The Morgan fingerprint density at radius 1 is 1.16 bits per heavy atom. The van der Waals surface area contributed by atoms with Gasteiger partial charge in [0, 0.05) is 0 Å². The molecule has 0 unspecified atom stereocenters. The summed E-state index contributed by atoms with van der Waals surface area (Å²) in [4.78, 5) is 10.8. The van der Waals surface area contributed by atoms with Crippen molar-refractivity contribution in [2.75, 3.05) is 0 Å². The maximum atomic E-state index is 13.2. The van der Waals surface area contributed by atoms with Crippen LogP contribution in [0.3, 0.4) is 0 Å². The molecule has 0 aliphatic carbocycles. The van der Waals surface area contributed by atoms with Gasteiger partial charge in [0.15, 0.2) is 6.29 Å². The van der Waals surface area contributed by atoms with Crippen molar-refractivity contribution in [2.45, 2.75) is 6.61 Å². The minimum absolute atomic E-state index is 0.0270. The first kappa shape index (κ1) is 13.5. The zero-order valence-corrected chi connectivity index (χ0v) is 10.5. The fourth-order valence-electron chi connectivity index (χ4n) is 1.53. The molecule has 2 nitrogen and oxygen atoms in total. The fraction of sp³-hybridized carbons (Fsp3) is 0.0714. The van der Waals surface area contributed by atoms with Gasteiger partial charge in [0.2, 0.25) is 0 Å². The van der Waals surface area contributed by atoms with Crippen LogP contribution in [0.1, 0.15) is 15.9 Å². The summed E-state index contributed by atoms with van der Waals surface area (Å²) in [6.45, 7) is 0.0561. The largest absolute Gasteiger partial charge is 0.488 e. The second-order valence-electron chi connectivity index (χ2n) is 3.84. The quantitative estimate of drug-likeness (QED) is 0.792. The standard InChI is InChI=1S/C14H9ClF2O2/c15-12-3-1-9(5-13(12)17)8-19-14-4-2-11(16)6-10(14)7-18/h1-7H,8H2. The Morgan fingerprint density at radius 2 is 1.95 bits per heavy atom. The second kappa shape index (κ2) is 5.80. The Morgan fingerprint density at radius 3 is 2.63 bits per heavy atom. The molecule has 0 bridgehead atoms. The summed E-state index contributed by atoms with van der Waals surface area (Å²) in [5, 5.41) is 0.0270. The van der Waals surface area contributed by atoms with E-state index >= 15 is 0 Å². The third-order valence-electron chi connectivity index (χ3n) is 2.48. The van der Waals surface area contributed by atoms with Crippen molar-refractivity contribution in [3.63, 3.8) is 0 Å². The zero-order chi connectivity index (χ0) is 13.8. The molecular weight excluding hydrogens is 274 g/mol. The van der Waals surface area contributed by atoms with E-state index in [1.807, 2.05) is 0 Å². The second-order valence-corrected chi connectivity index (χ2v) is 4.24. The molecule has 0 saturated carbocycles. The van der Waals surface area contributed by atoms with E-state index in [1.165, 1.54) is 24.3 Å². The Bertz CT molecular complexity index is 614. The van der Waals surface area contributed by atoms with E-state index in [9.17, 15) is 13.6 Å². The molecule has 0 atom stereocenters. The normalized spacial score (nSPS) is 10.3. The Labute approximate surface area is 113 Å². The molecule has 0 amide bonds. The van der Waals surface area contributed by atoms with Crippen LogP contribution in [0.5, 0.6) is 5.75 Å². The number of carbonyl (C=O) groups excluding carboxylic acids is 1. The lowest BCUT2D eigenvalue weighted by atomic mass is 10.2. The molecule has 0 N–H and O–H groups in total. The van der Waals surface area contributed by atoms with E-state index in [4.69, 9.17) is 16.3 Å².